The molecular formula is C14H16FN5. The predicted octanol–water partition coefficient (Wildman–Crippen LogP) is 1.75. The maximum Gasteiger partial charge on any atom is 0.212 e. The van der Waals surface area contributed by atoms with Crippen molar-refractivity contribution in [2.75, 3.05) is 19.6 Å². The van der Waals surface area contributed by atoms with E-state index in [0.29, 0.717) is 12.0 Å². The fourth-order valence-corrected chi connectivity index (χ4v) is 3.33. The summed E-state index contributed by atoms with van der Waals surface area (Å²) >= 11 is 0. The summed E-state index contributed by atoms with van der Waals surface area (Å²) in [5.74, 6) is 0.236. The highest BCUT2D eigenvalue weighted by molar-refractivity contribution is 5.55. The lowest BCUT2D eigenvalue weighted by Crippen LogP contribution is -2.48. The van der Waals surface area contributed by atoms with E-state index < -0.39 is 5.95 Å². The topological polar surface area (TPSA) is 46.8 Å². The van der Waals surface area contributed by atoms with Crippen molar-refractivity contribution in [3.63, 3.8) is 0 Å². The summed E-state index contributed by atoms with van der Waals surface area (Å²) in [5.41, 5.74) is 1.56. The quantitative estimate of drug-likeness (QED) is 0.782. The molecule has 1 atom stereocenters. The van der Waals surface area contributed by atoms with Crippen LogP contribution in [-0.2, 0) is 0 Å². The minimum atomic E-state index is -0.474. The van der Waals surface area contributed by atoms with Gasteiger partial charge in [-0.1, -0.05) is 5.21 Å². The number of fused-ring (bicyclic) bond motifs is 3. The highest BCUT2D eigenvalue weighted by Gasteiger charge is 2.35. The molecule has 3 aliphatic heterocycles. The molecule has 0 aliphatic carbocycles. The Hall–Kier alpha value is -1.82. The van der Waals surface area contributed by atoms with Crippen molar-refractivity contribution in [2.24, 2.45) is 5.92 Å². The zero-order valence-electron chi connectivity index (χ0n) is 11.1. The molecule has 104 valence electrons. The molecule has 3 aliphatic rings. The van der Waals surface area contributed by atoms with Crippen LogP contribution in [0.25, 0.3) is 11.3 Å². The van der Waals surface area contributed by atoms with E-state index >= 15 is 0 Å². The monoisotopic (exact) mass is 273 g/mol. The van der Waals surface area contributed by atoms with E-state index in [1.54, 1.807) is 6.07 Å². The largest absolute Gasteiger partial charge is 0.301 e. The SMILES string of the molecule is Fc1ccc(-c2cn([C@H]3CN4CCC3CC4)nn2)cn1. The lowest BCUT2D eigenvalue weighted by molar-refractivity contribution is 0.0504. The molecule has 0 radical (unpaired) electrons. The molecule has 0 aromatic carbocycles. The van der Waals surface area contributed by atoms with Gasteiger partial charge >= 0.3 is 0 Å². The van der Waals surface area contributed by atoms with E-state index in [4.69, 9.17) is 0 Å². The maximum absolute atomic E-state index is 12.8. The summed E-state index contributed by atoms with van der Waals surface area (Å²) in [7, 11) is 0. The first kappa shape index (κ1) is 12.0. The van der Waals surface area contributed by atoms with Gasteiger partial charge in [0, 0.05) is 18.3 Å². The van der Waals surface area contributed by atoms with Gasteiger partial charge in [0.2, 0.25) is 5.95 Å². The smallest absolute Gasteiger partial charge is 0.212 e. The van der Waals surface area contributed by atoms with Crippen LogP contribution >= 0.6 is 0 Å². The minimum Gasteiger partial charge on any atom is -0.301 e. The van der Waals surface area contributed by atoms with Gasteiger partial charge in [-0.3, -0.25) is 0 Å². The van der Waals surface area contributed by atoms with E-state index in [9.17, 15) is 4.39 Å². The molecule has 2 aromatic heterocycles. The van der Waals surface area contributed by atoms with Crippen LogP contribution in [0.15, 0.2) is 24.5 Å². The Morgan fingerprint density at radius 1 is 1.20 bits per heavy atom. The Bertz CT molecular complexity index is 600. The van der Waals surface area contributed by atoms with E-state index in [0.717, 1.165) is 17.8 Å². The van der Waals surface area contributed by atoms with Gasteiger partial charge in [0.25, 0.3) is 0 Å². The number of piperidine rings is 3. The van der Waals surface area contributed by atoms with Crippen molar-refractivity contribution in [3.8, 4) is 11.3 Å². The first-order chi connectivity index (χ1) is 9.79. The summed E-state index contributed by atoms with van der Waals surface area (Å²) in [6.07, 6.45) is 5.96. The van der Waals surface area contributed by atoms with Gasteiger partial charge in [0.05, 0.1) is 12.2 Å². The Kier molecular flexibility index (Phi) is 2.77. The highest BCUT2D eigenvalue weighted by Crippen LogP contribution is 2.35. The zero-order chi connectivity index (χ0) is 13.5. The first-order valence-corrected chi connectivity index (χ1v) is 7.06. The lowest BCUT2D eigenvalue weighted by atomic mass is 9.84. The molecule has 2 aromatic rings. The number of nitrogens with zero attached hydrogens (tertiary/aromatic N) is 5. The zero-order valence-corrected chi connectivity index (χ0v) is 11.1. The molecule has 0 N–H and O–H groups in total. The number of hydrogen-bond donors (Lipinski definition) is 0. The third-order valence-corrected chi connectivity index (χ3v) is 4.49. The summed E-state index contributed by atoms with van der Waals surface area (Å²) in [5, 5.41) is 8.48. The Balaban J connectivity index is 1.60. The van der Waals surface area contributed by atoms with Gasteiger partial charge in [-0.15, -0.1) is 5.10 Å². The van der Waals surface area contributed by atoms with E-state index in [1.807, 2.05) is 10.9 Å². The van der Waals surface area contributed by atoms with Crippen molar-refractivity contribution in [1.29, 1.82) is 0 Å². The molecule has 5 rings (SSSR count). The van der Waals surface area contributed by atoms with E-state index in [-0.39, 0.29) is 0 Å². The standard InChI is InChI=1S/C14H16FN5/c15-14-2-1-11(7-16-14)12-8-20(18-17-12)13-9-19-5-3-10(13)4-6-19/h1-2,7-8,10,13H,3-6,9H2/t13-/m0/s1. The molecule has 2 bridgehead atoms. The minimum absolute atomic E-state index is 0.423. The number of hydrogen-bond acceptors (Lipinski definition) is 4. The molecule has 6 heteroatoms. The third kappa shape index (κ3) is 2.00. The van der Waals surface area contributed by atoms with Gasteiger partial charge in [-0.05, 0) is 44.0 Å². The van der Waals surface area contributed by atoms with Gasteiger partial charge in [-0.25, -0.2) is 9.67 Å². The predicted molar refractivity (Wildman–Crippen MR) is 71.4 cm³/mol. The summed E-state index contributed by atoms with van der Waals surface area (Å²) in [4.78, 5) is 6.16. The van der Waals surface area contributed by atoms with Crippen LogP contribution in [0.1, 0.15) is 18.9 Å². The summed E-state index contributed by atoms with van der Waals surface area (Å²) in [6.45, 7) is 3.49. The molecule has 0 unspecified atom stereocenters. The molecule has 0 saturated carbocycles. The fourth-order valence-electron chi connectivity index (χ4n) is 3.33. The number of rotatable bonds is 2. The van der Waals surface area contributed by atoms with Crippen LogP contribution in [-0.4, -0.2) is 44.5 Å². The van der Waals surface area contributed by atoms with Crippen LogP contribution in [0, 0.1) is 11.9 Å². The van der Waals surface area contributed by atoms with Crippen molar-refractivity contribution < 1.29 is 4.39 Å². The maximum atomic E-state index is 12.8. The van der Waals surface area contributed by atoms with Crippen LogP contribution < -0.4 is 0 Å². The van der Waals surface area contributed by atoms with Crippen molar-refractivity contribution in [3.05, 3.63) is 30.5 Å². The van der Waals surface area contributed by atoms with E-state index in [2.05, 4.69) is 20.2 Å². The Morgan fingerprint density at radius 2 is 2.05 bits per heavy atom. The van der Waals surface area contributed by atoms with E-state index in [1.165, 1.54) is 38.2 Å². The van der Waals surface area contributed by atoms with Gasteiger partial charge < -0.3 is 4.90 Å². The molecule has 5 heterocycles. The molecular weight excluding hydrogens is 257 g/mol. The van der Waals surface area contributed by atoms with Crippen LogP contribution in [0.3, 0.4) is 0 Å². The van der Waals surface area contributed by atoms with Gasteiger partial charge in [0.1, 0.15) is 5.69 Å². The lowest BCUT2D eigenvalue weighted by Gasteiger charge is -2.44. The average molecular weight is 273 g/mol. The average Bonchev–Trinajstić information content (AvgIpc) is 2.99. The molecule has 0 spiro atoms. The molecule has 20 heavy (non-hydrogen) atoms. The van der Waals surface area contributed by atoms with Crippen LogP contribution in [0.4, 0.5) is 4.39 Å². The Morgan fingerprint density at radius 3 is 2.70 bits per heavy atom. The fraction of sp³-hybridized carbons (Fsp3) is 0.500. The van der Waals surface area contributed by atoms with Crippen LogP contribution in [0.5, 0.6) is 0 Å². The Labute approximate surface area is 116 Å². The van der Waals surface area contributed by atoms with Gasteiger partial charge in [-0.2, -0.15) is 4.39 Å². The highest BCUT2D eigenvalue weighted by atomic mass is 19.1. The number of pyridine rings is 1. The molecule has 3 saturated heterocycles. The summed E-state index contributed by atoms with van der Waals surface area (Å²) < 4.78 is 14.8. The molecule has 5 nitrogen and oxygen atoms in total. The first-order valence-electron chi connectivity index (χ1n) is 7.06. The third-order valence-electron chi connectivity index (χ3n) is 4.49. The van der Waals surface area contributed by atoms with Crippen LogP contribution in [0.2, 0.25) is 0 Å². The van der Waals surface area contributed by atoms with Gasteiger partial charge in [0.15, 0.2) is 0 Å². The molecule has 3 fully saturated rings. The van der Waals surface area contributed by atoms with Crippen molar-refractivity contribution >= 4 is 0 Å². The van der Waals surface area contributed by atoms with Crippen molar-refractivity contribution in [1.82, 2.24) is 24.9 Å². The van der Waals surface area contributed by atoms with Crippen molar-refractivity contribution in [2.45, 2.75) is 18.9 Å². The molecule has 0 amide bonds. The second kappa shape index (κ2) is 4.63. The second-order valence-corrected chi connectivity index (χ2v) is 5.66. The second-order valence-electron chi connectivity index (χ2n) is 5.66. The summed E-state index contributed by atoms with van der Waals surface area (Å²) in [6, 6.07) is 3.46. The number of aromatic nitrogens is 4. The normalized spacial score (nSPS) is 28.8. The number of halogens is 1.